The van der Waals surface area contributed by atoms with Crippen LogP contribution in [0.25, 0.3) is 16.5 Å². The Bertz CT molecular complexity index is 1970. The molecular formula is C37H35N3O6S2. The van der Waals surface area contributed by atoms with E-state index >= 15 is 0 Å². The monoisotopic (exact) mass is 681 g/mol. The quantitative estimate of drug-likeness (QED) is 0.0432. The zero-order chi connectivity index (χ0) is 33.6. The van der Waals surface area contributed by atoms with Crippen LogP contribution in [-0.4, -0.2) is 46.8 Å². The zero-order valence-electron chi connectivity index (χ0n) is 26.8. The number of thioether (sulfide) groups is 1. The average Bonchev–Trinajstić information content (AvgIpc) is 3.68. The molecule has 0 radical (unpaired) electrons. The van der Waals surface area contributed by atoms with E-state index in [0.717, 1.165) is 22.8 Å². The number of rotatable bonds is 13. The summed E-state index contributed by atoms with van der Waals surface area (Å²) in [4.78, 5) is 28.9. The van der Waals surface area contributed by atoms with Crippen molar-refractivity contribution in [1.29, 1.82) is 0 Å². The number of benzene rings is 4. The van der Waals surface area contributed by atoms with Crippen molar-refractivity contribution < 1.29 is 28.9 Å². The molecule has 6 rings (SSSR count). The Kier molecular flexibility index (Phi) is 10.3. The first-order valence-electron chi connectivity index (χ1n) is 15.8. The molecule has 9 nitrogen and oxygen atoms in total. The number of aliphatic hydroxyl groups excluding tert-OH is 1. The molecule has 0 bridgehead atoms. The van der Waals surface area contributed by atoms with Crippen LogP contribution < -0.4 is 19.1 Å². The lowest BCUT2D eigenvalue weighted by Gasteiger charge is -2.23. The molecule has 1 saturated heterocycles. The molecular weight excluding hydrogens is 647 g/mol. The topological polar surface area (TPSA) is 111 Å². The Morgan fingerprint density at radius 2 is 1.62 bits per heavy atom. The Balaban J connectivity index is 1.39. The molecule has 1 aromatic heterocycles. The molecule has 1 unspecified atom stereocenters. The van der Waals surface area contributed by atoms with Crippen molar-refractivity contribution in [2.24, 2.45) is 0 Å². The summed E-state index contributed by atoms with van der Waals surface area (Å²) in [6, 6.07) is 25.4. The van der Waals surface area contributed by atoms with Gasteiger partial charge in [-0.2, -0.15) is 0 Å². The van der Waals surface area contributed by atoms with Crippen molar-refractivity contribution in [3.05, 3.63) is 107 Å². The largest absolute Gasteiger partial charge is 0.507 e. The second-order valence-corrected chi connectivity index (χ2v) is 13.1. The van der Waals surface area contributed by atoms with Gasteiger partial charge in [0.2, 0.25) is 5.13 Å². The number of hydrogen-bond acceptors (Lipinski definition) is 10. The van der Waals surface area contributed by atoms with E-state index in [4.69, 9.17) is 14.2 Å². The molecule has 2 heterocycles. The Labute approximate surface area is 287 Å². The van der Waals surface area contributed by atoms with Gasteiger partial charge in [0.25, 0.3) is 5.78 Å². The van der Waals surface area contributed by atoms with E-state index in [0.29, 0.717) is 58.3 Å². The summed E-state index contributed by atoms with van der Waals surface area (Å²) in [5.41, 5.74) is 2.01. The fourth-order valence-corrected chi connectivity index (χ4v) is 7.45. The van der Waals surface area contributed by atoms with E-state index in [-0.39, 0.29) is 16.5 Å². The fraction of sp³-hybridized carbons (Fsp3) is 0.243. The highest BCUT2D eigenvalue weighted by Crippen LogP contribution is 2.46. The molecule has 48 heavy (non-hydrogen) atoms. The van der Waals surface area contributed by atoms with Crippen molar-refractivity contribution in [3.63, 3.8) is 0 Å². The van der Waals surface area contributed by atoms with E-state index in [2.05, 4.69) is 34.5 Å². The Hall–Kier alpha value is -4.87. The summed E-state index contributed by atoms with van der Waals surface area (Å²) < 4.78 is 18.0. The van der Waals surface area contributed by atoms with Crippen LogP contribution in [0.3, 0.4) is 0 Å². The number of amides is 1. The summed E-state index contributed by atoms with van der Waals surface area (Å²) in [5.74, 6) is 0.348. The molecule has 0 aliphatic carbocycles. The number of carbonyl (C=O) groups excluding carboxylic acids is 2. The third kappa shape index (κ3) is 6.74. The van der Waals surface area contributed by atoms with Gasteiger partial charge >= 0.3 is 5.91 Å². The van der Waals surface area contributed by atoms with Crippen molar-refractivity contribution in [2.75, 3.05) is 24.7 Å². The van der Waals surface area contributed by atoms with Gasteiger partial charge in [0.1, 0.15) is 11.5 Å². The molecule has 1 atom stereocenters. The predicted octanol–water partition coefficient (Wildman–Crippen LogP) is 8.20. The lowest BCUT2D eigenvalue weighted by Crippen LogP contribution is -2.29. The van der Waals surface area contributed by atoms with Gasteiger partial charge in [-0.1, -0.05) is 78.6 Å². The molecule has 0 saturated carbocycles. The highest BCUT2D eigenvalue weighted by molar-refractivity contribution is 8.00. The maximum absolute atomic E-state index is 13.8. The minimum absolute atomic E-state index is 0.0611. The van der Waals surface area contributed by atoms with Crippen LogP contribution in [-0.2, 0) is 15.3 Å². The maximum atomic E-state index is 13.8. The van der Waals surface area contributed by atoms with Crippen LogP contribution in [0.15, 0.2) is 94.8 Å². The molecule has 246 valence electrons. The van der Waals surface area contributed by atoms with Crippen LogP contribution in [0.2, 0.25) is 0 Å². The summed E-state index contributed by atoms with van der Waals surface area (Å²) in [5, 5.41) is 22.9. The van der Waals surface area contributed by atoms with Gasteiger partial charge in [-0.05, 0) is 78.6 Å². The molecule has 1 N–H and O–H groups in total. The van der Waals surface area contributed by atoms with Gasteiger partial charge < -0.3 is 19.3 Å². The van der Waals surface area contributed by atoms with Gasteiger partial charge in [-0.25, -0.2) is 0 Å². The summed E-state index contributed by atoms with van der Waals surface area (Å²) in [7, 11) is 0. The van der Waals surface area contributed by atoms with Gasteiger partial charge in [0, 0.05) is 11.3 Å². The van der Waals surface area contributed by atoms with E-state index < -0.39 is 17.7 Å². The Morgan fingerprint density at radius 1 is 0.875 bits per heavy atom. The molecule has 5 aromatic rings. The maximum Gasteiger partial charge on any atom is 0.301 e. The third-order valence-corrected chi connectivity index (χ3v) is 9.87. The second-order valence-electron chi connectivity index (χ2n) is 10.9. The fourth-order valence-electron chi connectivity index (χ4n) is 5.58. The summed E-state index contributed by atoms with van der Waals surface area (Å²) >= 11 is 2.73. The van der Waals surface area contributed by atoms with Crippen molar-refractivity contribution in [3.8, 4) is 17.2 Å². The van der Waals surface area contributed by atoms with Crippen molar-refractivity contribution in [2.45, 2.75) is 43.3 Å². The summed E-state index contributed by atoms with van der Waals surface area (Å²) in [6.45, 7) is 7.12. The normalized spacial score (nSPS) is 15.6. The standard InChI is InChI=1S/C37H35N3O6S2/c1-4-20-46-27-17-14-24(15-18-27)33(41)31-32(25-16-19-29(44-5-2)30(21-25)45-6-3)40(35(43)34(31)42)36-38-39-37(48-36)47-22-26-12-9-11-23-10-7-8-13-28(23)26/h7-19,21,32,41H,4-6,20,22H2,1-3H3. The van der Waals surface area contributed by atoms with Crippen LogP contribution in [0.1, 0.15) is 49.9 Å². The number of nitrogens with zero attached hydrogens (tertiary/aromatic N) is 3. The van der Waals surface area contributed by atoms with Crippen LogP contribution in [0, 0.1) is 0 Å². The smallest absolute Gasteiger partial charge is 0.301 e. The molecule has 4 aromatic carbocycles. The van der Waals surface area contributed by atoms with Crippen molar-refractivity contribution in [1.82, 2.24) is 10.2 Å². The Morgan fingerprint density at radius 3 is 2.40 bits per heavy atom. The molecule has 11 heteroatoms. The minimum Gasteiger partial charge on any atom is -0.507 e. The minimum atomic E-state index is -1.00. The predicted molar refractivity (Wildman–Crippen MR) is 189 cm³/mol. The number of fused-ring (bicyclic) bond motifs is 1. The molecule has 1 aliphatic rings. The molecule has 1 amide bonds. The number of anilines is 1. The van der Waals surface area contributed by atoms with Crippen LogP contribution in [0.5, 0.6) is 17.2 Å². The SMILES string of the molecule is CCCOc1ccc(C(O)=C2C(=O)C(=O)N(c3nnc(SCc4cccc5ccccc45)s3)C2c2ccc(OCC)c(OCC)c2)cc1. The first-order valence-corrected chi connectivity index (χ1v) is 17.6. The first-order chi connectivity index (χ1) is 23.4. The molecule has 1 fully saturated rings. The van der Waals surface area contributed by atoms with Crippen molar-refractivity contribution >= 4 is 56.5 Å². The van der Waals surface area contributed by atoms with E-state index in [1.165, 1.54) is 28.0 Å². The zero-order valence-corrected chi connectivity index (χ0v) is 28.5. The third-order valence-electron chi connectivity index (χ3n) is 7.76. The number of ether oxygens (including phenoxy) is 3. The van der Waals surface area contributed by atoms with Gasteiger partial charge in [0.05, 0.1) is 31.4 Å². The first kappa shape index (κ1) is 33.0. The lowest BCUT2D eigenvalue weighted by molar-refractivity contribution is -0.132. The highest BCUT2D eigenvalue weighted by atomic mass is 32.2. The number of carbonyl (C=O) groups is 2. The highest BCUT2D eigenvalue weighted by Gasteiger charge is 2.48. The van der Waals surface area contributed by atoms with E-state index in [1.54, 1.807) is 42.5 Å². The van der Waals surface area contributed by atoms with Crippen LogP contribution >= 0.6 is 23.1 Å². The van der Waals surface area contributed by atoms with Crippen LogP contribution in [0.4, 0.5) is 5.13 Å². The number of hydrogen-bond donors (Lipinski definition) is 1. The second kappa shape index (κ2) is 14.9. The number of aromatic nitrogens is 2. The van der Waals surface area contributed by atoms with E-state index in [9.17, 15) is 14.7 Å². The van der Waals surface area contributed by atoms with Gasteiger partial charge in [-0.3, -0.25) is 14.5 Å². The van der Waals surface area contributed by atoms with Gasteiger partial charge in [-0.15, -0.1) is 10.2 Å². The summed E-state index contributed by atoms with van der Waals surface area (Å²) in [6.07, 6.45) is 0.853. The van der Waals surface area contributed by atoms with Gasteiger partial charge in [0.15, 0.2) is 15.8 Å². The molecule has 0 spiro atoms. The number of ketones is 1. The average molecular weight is 682 g/mol. The lowest BCUT2D eigenvalue weighted by atomic mass is 9.95. The number of aliphatic hydroxyl groups is 1. The molecule has 1 aliphatic heterocycles. The van der Waals surface area contributed by atoms with E-state index in [1.807, 2.05) is 39.0 Å². The number of Topliss-reactive ketones (excluding diaryl/α,β-unsaturated/α-hetero) is 1.